The van der Waals surface area contributed by atoms with Crippen LogP contribution in [-0.4, -0.2) is 123 Å². The lowest BCUT2D eigenvalue weighted by Gasteiger charge is -2.30. The molecule has 0 radical (unpaired) electrons. The summed E-state index contributed by atoms with van der Waals surface area (Å²) in [6.45, 7) is 2.29. The van der Waals surface area contributed by atoms with Crippen LogP contribution in [0.2, 0.25) is 0 Å². The third kappa shape index (κ3) is 13.8. The third-order valence-electron chi connectivity index (χ3n) is 7.29. The van der Waals surface area contributed by atoms with E-state index in [1.165, 1.54) is 13.8 Å². The summed E-state index contributed by atoms with van der Waals surface area (Å²) in [5.74, 6) is -1.10. The number of nitrogen functional groups attached to an aromatic ring is 1. The summed E-state index contributed by atoms with van der Waals surface area (Å²) in [6, 6.07) is 0. The number of nitrogens with two attached hydrogens (primary N) is 1. The van der Waals surface area contributed by atoms with E-state index in [0.29, 0.717) is 5.75 Å². The minimum Gasteiger partial charge on any atom is -0.386 e. The fraction of sp³-hybridized carbons (Fsp3) is 0.615. The summed E-state index contributed by atoms with van der Waals surface area (Å²) in [5, 5.41) is 26.2. The molecule has 24 nitrogen and oxygen atoms in total. The maximum Gasteiger partial charge on any atom is 0.481 e. The molecule has 2 aromatic heterocycles. The molecule has 0 aliphatic carbocycles. The number of hydrogen-bond acceptors (Lipinski definition) is 18. The van der Waals surface area contributed by atoms with Crippen molar-refractivity contribution in [2.24, 2.45) is 5.41 Å². The summed E-state index contributed by atoms with van der Waals surface area (Å²) in [6.07, 6.45) is -3.17. The Morgan fingerprint density at radius 1 is 1.09 bits per heavy atom. The van der Waals surface area contributed by atoms with Crippen molar-refractivity contribution in [2.45, 2.75) is 64.3 Å². The quantitative estimate of drug-likeness (QED) is 0.0439. The highest BCUT2D eigenvalue weighted by Crippen LogP contribution is 2.61. The van der Waals surface area contributed by atoms with Crippen LogP contribution < -0.4 is 16.4 Å². The lowest BCUT2D eigenvalue weighted by Crippen LogP contribution is -2.46. The van der Waals surface area contributed by atoms with E-state index in [9.17, 15) is 57.9 Å². The van der Waals surface area contributed by atoms with Crippen LogP contribution in [0.1, 0.15) is 39.8 Å². The van der Waals surface area contributed by atoms with E-state index in [-0.39, 0.29) is 48.0 Å². The predicted molar refractivity (Wildman–Crippen MR) is 187 cm³/mol. The maximum absolute atomic E-state index is 12.6. The number of aromatic nitrogens is 4. The van der Waals surface area contributed by atoms with Crippen molar-refractivity contribution < 1.29 is 80.5 Å². The summed E-state index contributed by atoms with van der Waals surface area (Å²) < 4.78 is 62.0. The van der Waals surface area contributed by atoms with Gasteiger partial charge in [0.1, 0.15) is 36.3 Å². The smallest absolute Gasteiger partial charge is 0.386 e. The van der Waals surface area contributed by atoms with Gasteiger partial charge in [0.2, 0.25) is 11.8 Å². The van der Waals surface area contributed by atoms with E-state index in [1.54, 1.807) is 19.1 Å². The van der Waals surface area contributed by atoms with Gasteiger partial charge in [0.05, 0.1) is 19.5 Å². The fourth-order valence-electron chi connectivity index (χ4n) is 4.57. The van der Waals surface area contributed by atoms with E-state index in [4.69, 9.17) is 19.5 Å². The average molecular weight is 850 g/mol. The molecule has 7 unspecified atom stereocenters. The summed E-state index contributed by atoms with van der Waals surface area (Å²) in [5.41, 5.74) is 4.26. The average Bonchev–Trinajstić information content (AvgIpc) is 3.63. The number of amides is 2. The van der Waals surface area contributed by atoms with Gasteiger partial charge in [-0.1, -0.05) is 37.8 Å². The molecule has 0 saturated carbocycles. The monoisotopic (exact) mass is 849 g/mol. The zero-order valence-electron chi connectivity index (χ0n) is 28.9. The van der Waals surface area contributed by atoms with E-state index >= 15 is 0 Å². The van der Waals surface area contributed by atoms with Gasteiger partial charge < -0.3 is 50.9 Å². The number of anilines is 1. The topological polar surface area (TPSA) is 364 Å². The number of carbonyl (C=O) groups is 3. The summed E-state index contributed by atoms with van der Waals surface area (Å²) >= 11 is 1.06. The summed E-state index contributed by atoms with van der Waals surface area (Å²) in [4.78, 5) is 87.0. The van der Waals surface area contributed by atoms with Crippen LogP contribution in [0.15, 0.2) is 24.8 Å². The lowest BCUT2D eigenvalue weighted by molar-refractivity contribution is -0.137. The van der Waals surface area contributed by atoms with Crippen LogP contribution in [0, 0.1) is 5.41 Å². The number of phosphoric acid groups is 3. The molecule has 1 saturated heterocycles. The SMILES string of the molecule is C/C=C/CC(=O)SCCNC(=O)CCNC(=O)C(O)C(C)(C)COP(=O)(O)OP(=O)(O)OCC1OC(n2cnc3c(N)ncnc32)C(O)C1OP(=O)(O)O. The van der Waals surface area contributed by atoms with E-state index in [0.717, 1.165) is 29.0 Å². The highest BCUT2D eigenvalue weighted by molar-refractivity contribution is 8.13. The molecule has 54 heavy (non-hydrogen) atoms. The summed E-state index contributed by atoms with van der Waals surface area (Å²) in [7, 11) is -16.4. The Morgan fingerprint density at radius 2 is 1.78 bits per heavy atom. The first kappa shape index (κ1) is 45.7. The van der Waals surface area contributed by atoms with Gasteiger partial charge in [0.15, 0.2) is 22.8 Å². The standard InChI is InChI=1S/C26H42N7O17P3S/c1-4-5-6-17(35)54-10-9-28-16(34)7-8-29-24(38)21(37)26(2,3)12-47-53(44,45)50-52(42,43)46-11-15-20(49-51(39,40)41)19(36)25(48-15)33-14-32-18-22(27)30-13-31-23(18)33/h4-5,13-15,19-21,25,36-37H,6-12H2,1-3H3,(H,28,34)(H,29,38)(H,42,43)(H,44,45)(H2,27,30,31)(H2,39,40,41)/b5-4+. The molecule has 2 amide bonds. The number of aliphatic hydroxyl groups excluding tert-OH is 2. The van der Waals surface area contributed by atoms with Gasteiger partial charge in [-0.2, -0.15) is 4.31 Å². The Kier molecular flexibility index (Phi) is 16.4. The Balaban J connectivity index is 1.51. The van der Waals surface area contributed by atoms with Crippen molar-refractivity contribution in [3.05, 3.63) is 24.8 Å². The van der Waals surface area contributed by atoms with Crippen molar-refractivity contribution >= 4 is 69.1 Å². The molecular formula is C26H42N7O17P3S. The van der Waals surface area contributed by atoms with Crippen LogP contribution in [0.25, 0.3) is 11.2 Å². The van der Waals surface area contributed by atoms with Gasteiger partial charge in [-0.25, -0.2) is 28.6 Å². The molecule has 3 rings (SSSR count). The van der Waals surface area contributed by atoms with Crippen molar-refractivity contribution in [1.29, 1.82) is 0 Å². The second kappa shape index (κ2) is 19.4. The number of rotatable bonds is 21. The van der Waals surface area contributed by atoms with Crippen LogP contribution in [0.4, 0.5) is 5.82 Å². The second-order valence-corrected chi connectivity index (χ2v) is 17.5. The van der Waals surface area contributed by atoms with Crippen molar-refractivity contribution in [2.75, 3.05) is 37.8 Å². The third-order valence-corrected chi connectivity index (χ3v) is 11.3. The number of phosphoric ester groups is 3. The number of carbonyl (C=O) groups excluding carboxylic acids is 3. The Hall–Kier alpha value is -2.70. The van der Waals surface area contributed by atoms with E-state index < -0.39 is 84.6 Å². The van der Waals surface area contributed by atoms with E-state index in [1.807, 2.05) is 0 Å². The minimum absolute atomic E-state index is 0.0304. The van der Waals surface area contributed by atoms with Gasteiger partial charge in [-0.3, -0.25) is 32.5 Å². The first-order valence-electron chi connectivity index (χ1n) is 15.7. The first-order valence-corrected chi connectivity index (χ1v) is 21.2. The number of hydrogen-bond donors (Lipinski definition) is 9. The number of nitrogens with zero attached hydrogens (tertiary/aromatic N) is 4. The highest BCUT2D eigenvalue weighted by Gasteiger charge is 2.50. The van der Waals surface area contributed by atoms with Gasteiger partial charge in [0, 0.05) is 37.1 Å². The van der Waals surface area contributed by atoms with Gasteiger partial charge in [0.25, 0.3) is 0 Å². The van der Waals surface area contributed by atoms with Crippen LogP contribution in [0.3, 0.4) is 0 Å². The molecule has 0 aromatic carbocycles. The van der Waals surface area contributed by atoms with Crippen molar-refractivity contribution in [3.63, 3.8) is 0 Å². The minimum atomic E-state index is -5.56. The number of thioether (sulfide) groups is 1. The van der Waals surface area contributed by atoms with Crippen LogP contribution >= 0.6 is 35.2 Å². The van der Waals surface area contributed by atoms with E-state index in [2.05, 4.69) is 34.4 Å². The van der Waals surface area contributed by atoms with Crippen LogP contribution in [-0.2, 0) is 50.7 Å². The van der Waals surface area contributed by atoms with Crippen molar-refractivity contribution in [3.8, 4) is 0 Å². The molecule has 1 aliphatic heterocycles. The number of aliphatic hydroxyl groups is 2. The molecule has 7 atom stereocenters. The molecule has 1 aliphatic rings. The Bertz CT molecular complexity index is 1810. The van der Waals surface area contributed by atoms with Gasteiger partial charge in [-0.15, -0.1) is 0 Å². The molecule has 2 aromatic rings. The molecular weight excluding hydrogens is 807 g/mol. The molecule has 0 bridgehead atoms. The first-order chi connectivity index (χ1) is 25.1. The molecule has 304 valence electrons. The van der Waals surface area contributed by atoms with Gasteiger partial charge >= 0.3 is 23.5 Å². The highest BCUT2D eigenvalue weighted by atomic mass is 32.2. The molecule has 1 fully saturated rings. The number of nitrogens with one attached hydrogen (secondary N) is 2. The zero-order chi connectivity index (χ0) is 40.5. The second-order valence-electron chi connectivity index (χ2n) is 12.1. The molecule has 10 N–H and O–H groups in total. The maximum atomic E-state index is 12.6. The number of ether oxygens (including phenoxy) is 1. The van der Waals surface area contributed by atoms with Crippen LogP contribution in [0.5, 0.6) is 0 Å². The molecule has 0 spiro atoms. The number of imidazole rings is 1. The number of fused-ring (bicyclic) bond motifs is 1. The molecule has 3 heterocycles. The predicted octanol–water partition coefficient (Wildman–Crippen LogP) is -0.369. The lowest BCUT2D eigenvalue weighted by atomic mass is 9.87. The normalized spacial score (nSPS) is 22.2. The van der Waals surface area contributed by atoms with Gasteiger partial charge in [-0.05, 0) is 6.92 Å². The Morgan fingerprint density at radius 3 is 2.44 bits per heavy atom. The largest absolute Gasteiger partial charge is 0.481 e. The molecule has 28 heteroatoms. The Labute approximate surface area is 311 Å². The fourth-order valence-corrected chi connectivity index (χ4v) is 8.04. The van der Waals surface area contributed by atoms with Crippen molar-refractivity contribution in [1.82, 2.24) is 30.2 Å². The number of allylic oxidation sites excluding steroid dienone is 2. The zero-order valence-corrected chi connectivity index (χ0v) is 32.4.